The second-order valence-electron chi connectivity index (χ2n) is 4.27. The van der Waals surface area contributed by atoms with E-state index in [4.69, 9.17) is 4.74 Å². The van der Waals surface area contributed by atoms with Crippen LogP contribution in [-0.4, -0.2) is 18.4 Å². The Morgan fingerprint density at radius 3 is 2.80 bits per heavy atom. The Morgan fingerprint density at radius 2 is 2.10 bits per heavy atom. The van der Waals surface area contributed by atoms with Crippen molar-refractivity contribution in [1.82, 2.24) is 5.32 Å². The molecule has 0 spiro atoms. The number of carbonyl (C=O) groups excluding carboxylic acids is 2. The maximum absolute atomic E-state index is 11.6. The molecule has 0 unspecified atom stereocenters. The van der Waals surface area contributed by atoms with Gasteiger partial charge in [-0.15, -0.1) is 11.3 Å². The molecule has 1 heterocycles. The SMILES string of the molecule is Cc1cccc(OC(=O)CCNC(=O)c2cccs2)c1. The molecule has 0 bridgehead atoms. The summed E-state index contributed by atoms with van der Waals surface area (Å²) in [7, 11) is 0. The number of carbonyl (C=O) groups is 2. The Labute approximate surface area is 121 Å². The minimum Gasteiger partial charge on any atom is -0.426 e. The van der Waals surface area contributed by atoms with Gasteiger partial charge in [0.15, 0.2) is 0 Å². The van der Waals surface area contributed by atoms with Gasteiger partial charge in [0.1, 0.15) is 5.75 Å². The zero-order valence-electron chi connectivity index (χ0n) is 11.1. The molecular formula is C15H15NO3S. The average Bonchev–Trinajstić information content (AvgIpc) is 2.92. The van der Waals surface area contributed by atoms with E-state index in [9.17, 15) is 9.59 Å². The molecule has 0 saturated carbocycles. The lowest BCUT2D eigenvalue weighted by molar-refractivity contribution is -0.134. The molecule has 0 radical (unpaired) electrons. The van der Waals surface area contributed by atoms with Gasteiger partial charge >= 0.3 is 5.97 Å². The van der Waals surface area contributed by atoms with E-state index in [0.717, 1.165) is 5.56 Å². The summed E-state index contributed by atoms with van der Waals surface area (Å²) in [6, 6.07) is 10.8. The molecule has 1 aromatic heterocycles. The van der Waals surface area contributed by atoms with Crippen LogP contribution in [0.2, 0.25) is 0 Å². The molecule has 0 atom stereocenters. The number of ether oxygens (including phenoxy) is 1. The van der Waals surface area contributed by atoms with Crippen LogP contribution in [0.4, 0.5) is 0 Å². The van der Waals surface area contributed by atoms with Crippen molar-refractivity contribution >= 4 is 23.2 Å². The Kier molecular flexibility index (Phi) is 4.90. The van der Waals surface area contributed by atoms with Crippen molar-refractivity contribution in [2.75, 3.05) is 6.54 Å². The summed E-state index contributed by atoms with van der Waals surface area (Å²) >= 11 is 1.37. The van der Waals surface area contributed by atoms with Gasteiger partial charge in [-0.25, -0.2) is 0 Å². The molecule has 1 amide bonds. The first kappa shape index (κ1) is 14.3. The second-order valence-corrected chi connectivity index (χ2v) is 5.22. The molecular weight excluding hydrogens is 274 g/mol. The molecule has 0 aliphatic carbocycles. The van der Waals surface area contributed by atoms with Crippen LogP contribution in [0.1, 0.15) is 21.7 Å². The Balaban J connectivity index is 1.74. The van der Waals surface area contributed by atoms with Gasteiger partial charge in [0.05, 0.1) is 11.3 Å². The highest BCUT2D eigenvalue weighted by Crippen LogP contribution is 2.13. The summed E-state index contributed by atoms with van der Waals surface area (Å²) in [6.45, 7) is 2.19. The molecule has 5 heteroatoms. The lowest BCUT2D eigenvalue weighted by atomic mass is 10.2. The molecule has 1 N–H and O–H groups in total. The summed E-state index contributed by atoms with van der Waals surface area (Å²) in [5, 5.41) is 4.52. The van der Waals surface area contributed by atoms with Crippen molar-refractivity contribution in [3.8, 4) is 5.75 Å². The highest BCUT2D eigenvalue weighted by molar-refractivity contribution is 7.12. The molecule has 0 fully saturated rings. The van der Waals surface area contributed by atoms with Gasteiger partial charge in [-0.3, -0.25) is 9.59 Å². The van der Waals surface area contributed by atoms with Gasteiger partial charge in [-0.05, 0) is 36.1 Å². The predicted octanol–water partition coefficient (Wildman–Crippen LogP) is 2.78. The summed E-state index contributed by atoms with van der Waals surface area (Å²) in [5.41, 5.74) is 1.03. The van der Waals surface area contributed by atoms with E-state index in [2.05, 4.69) is 5.32 Å². The third kappa shape index (κ3) is 4.20. The summed E-state index contributed by atoms with van der Waals surface area (Å²) < 4.78 is 5.18. The Bertz CT molecular complexity index is 593. The standard InChI is InChI=1S/C15H15NO3S/c1-11-4-2-5-12(10-11)19-14(17)7-8-16-15(18)13-6-3-9-20-13/h2-6,9-10H,7-8H2,1H3,(H,16,18). The van der Waals surface area contributed by atoms with Crippen molar-refractivity contribution in [3.63, 3.8) is 0 Å². The fourth-order valence-electron chi connectivity index (χ4n) is 1.63. The third-order valence-corrected chi connectivity index (χ3v) is 3.45. The van der Waals surface area contributed by atoms with Crippen LogP contribution in [-0.2, 0) is 4.79 Å². The van der Waals surface area contributed by atoms with Gasteiger partial charge in [0.2, 0.25) is 0 Å². The van der Waals surface area contributed by atoms with E-state index in [1.165, 1.54) is 11.3 Å². The molecule has 104 valence electrons. The first-order valence-corrected chi connectivity index (χ1v) is 7.12. The number of aryl methyl sites for hydroxylation is 1. The summed E-state index contributed by atoms with van der Waals surface area (Å²) in [6.07, 6.45) is 0.144. The normalized spacial score (nSPS) is 10.1. The number of esters is 1. The minimum atomic E-state index is -0.359. The molecule has 0 aliphatic rings. The highest BCUT2D eigenvalue weighted by atomic mass is 32.1. The number of thiophene rings is 1. The van der Waals surface area contributed by atoms with Crippen LogP contribution in [0.5, 0.6) is 5.75 Å². The number of rotatable bonds is 5. The fourth-order valence-corrected chi connectivity index (χ4v) is 2.27. The van der Waals surface area contributed by atoms with E-state index < -0.39 is 0 Å². The molecule has 2 rings (SSSR count). The molecule has 20 heavy (non-hydrogen) atoms. The van der Waals surface area contributed by atoms with Crippen molar-refractivity contribution in [3.05, 3.63) is 52.2 Å². The summed E-state index contributed by atoms with van der Waals surface area (Å²) in [4.78, 5) is 23.9. The van der Waals surface area contributed by atoms with E-state index in [1.807, 2.05) is 30.5 Å². The molecule has 2 aromatic rings. The monoisotopic (exact) mass is 289 g/mol. The van der Waals surface area contributed by atoms with Gasteiger partial charge in [-0.2, -0.15) is 0 Å². The zero-order valence-corrected chi connectivity index (χ0v) is 11.9. The van der Waals surface area contributed by atoms with Crippen molar-refractivity contribution in [2.45, 2.75) is 13.3 Å². The molecule has 0 saturated heterocycles. The average molecular weight is 289 g/mol. The van der Waals surface area contributed by atoms with Gasteiger partial charge in [0, 0.05) is 6.54 Å². The third-order valence-electron chi connectivity index (χ3n) is 2.58. The number of hydrogen-bond acceptors (Lipinski definition) is 4. The fraction of sp³-hybridized carbons (Fsp3) is 0.200. The molecule has 1 aromatic carbocycles. The second kappa shape index (κ2) is 6.86. The van der Waals surface area contributed by atoms with Crippen LogP contribution in [0.15, 0.2) is 41.8 Å². The predicted molar refractivity (Wildman–Crippen MR) is 78.1 cm³/mol. The van der Waals surface area contributed by atoms with E-state index >= 15 is 0 Å². The molecule has 4 nitrogen and oxygen atoms in total. The van der Waals surface area contributed by atoms with Crippen LogP contribution in [0.3, 0.4) is 0 Å². The van der Waals surface area contributed by atoms with E-state index in [1.54, 1.807) is 18.2 Å². The van der Waals surface area contributed by atoms with Crippen molar-refractivity contribution < 1.29 is 14.3 Å². The zero-order chi connectivity index (χ0) is 14.4. The Morgan fingerprint density at radius 1 is 1.25 bits per heavy atom. The van der Waals surface area contributed by atoms with Crippen LogP contribution >= 0.6 is 11.3 Å². The van der Waals surface area contributed by atoms with Crippen LogP contribution < -0.4 is 10.1 Å². The topological polar surface area (TPSA) is 55.4 Å². The maximum Gasteiger partial charge on any atom is 0.312 e. The van der Waals surface area contributed by atoms with Gasteiger partial charge in [0.25, 0.3) is 5.91 Å². The quantitative estimate of drug-likeness (QED) is 0.680. The number of nitrogens with one attached hydrogen (secondary N) is 1. The van der Waals surface area contributed by atoms with Crippen LogP contribution in [0, 0.1) is 6.92 Å². The lowest BCUT2D eigenvalue weighted by Crippen LogP contribution is -2.26. The van der Waals surface area contributed by atoms with Crippen molar-refractivity contribution in [1.29, 1.82) is 0 Å². The largest absolute Gasteiger partial charge is 0.426 e. The lowest BCUT2D eigenvalue weighted by Gasteiger charge is -2.06. The van der Waals surface area contributed by atoms with Crippen LogP contribution in [0.25, 0.3) is 0 Å². The molecule has 0 aliphatic heterocycles. The highest BCUT2D eigenvalue weighted by Gasteiger charge is 2.08. The van der Waals surface area contributed by atoms with Gasteiger partial charge < -0.3 is 10.1 Å². The first-order chi connectivity index (χ1) is 9.65. The summed E-state index contributed by atoms with van der Waals surface area (Å²) in [5.74, 6) is 0.00465. The maximum atomic E-state index is 11.6. The van der Waals surface area contributed by atoms with Gasteiger partial charge in [-0.1, -0.05) is 18.2 Å². The Hall–Kier alpha value is -2.14. The van der Waals surface area contributed by atoms with Crippen molar-refractivity contribution in [2.24, 2.45) is 0 Å². The number of benzene rings is 1. The first-order valence-electron chi connectivity index (χ1n) is 6.24. The van der Waals surface area contributed by atoms with E-state index in [0.29, 0.717) is 10.6 Å². The van der Waals surface area contributed by atoms with E-state index in [-0.39, 0.29) is 24.8 Å². The number of amides is 1. The number of hydrogen-bond donors (Lipinski definition) is 1. The smallest absolute Gasteiger partial charge is 0.312 e. The minimum absolute atomic E-state index is 0.144.